The number of ether oxygens (including phenoxy) is 2. The highest BCUT2D eigenvalue weighted by Crippen LogP contribution is 2.24. The van der Waals surface area contributed by atoms with Gasteiger partial charge in [0.1, 0.15) is 11.8 Å². The standard InChI is InChI=1S/C29H30Cl2N2O4/c30-23-14-12-22(13-15-23)19-33(28(34)20-37-27-11-5-4-10-25(27)31)26(17-21-7-2-1-3-8-21)29(35)32-18-24-9-6-16-36-24/h1-5,7-8,10-15,24,26H,6,9,16-20H2,(H,32,35). The lowest BCUT2D eigenvalue weighted by molar-refractivity contribution is -0.143. The second-order valence-corrected chi connectivity index (χ2v) is 9.80. The molecule has 3 aromatic rings. The molecule has 0 bridgehead atoms. The molecule has 194 valence electrons. The van der Waals surface area contributed by atoms with Gasteiger partial charge in [-0.2, -0.15) is 0 Å². The number of benzene rings is 3. The summed E-state index contributed by atoms with van der Waals surface area (Å²) in [6.45, 7) is 1.06. The lowest BCUT2D eigenvalue weighted by atomic mass is 10.0. The molecule has 4 rings (SSSR count). The Kier molecular flexibility index (Phi) is 9.83. The molecule has 2 amide bonds. The van der Waals surface area contributed by atoms with Gasteiger partial charge in [0.15, 0.2) is 6.61 Å². The monoisotopic (exact) mass is 540 g/mol. The minimum absolute atomic E-state index is 0.00898. The highest BCUT2D eigenvalue weighted by atomic mass is 35.5. The van der Waals surface area contributed by atoms with E-state index in [0.717, 1.165) is 24.0 Å². The van der Waals surface area contributed by atoms with E-state index in [1.165, 1.54) is 0 Å². The second-order valence-electron chi connectivity index (χ2n) is 8.95. The first-order valence-corrected chi connectivity index (χ1v) is 13.1. The van der Waals surface area contributed by atoms with E-state index in [1.54, 1.807) is 41.3 Å². The van der Waals surface area contributed by atoms with Gasteiger partial charge in [-0.05, 0) is 48.2 Å². The Morgan fingerprint density at radius 3 is 2.41 bits per heavy atom. The number of nitrogens with one attached hydrogen (secondary N) is 1. The van der Waals surface area contributed by atoms with Crippen molar-refractivity contribution < 1.29 is 19.1 Å². The van der Waals surface area contributed by atoms with Crippen molar-refractivity contribution in [2.24, 2.45) is 0 Å². The van der Waals surface area contributed by atoms with Crippen LogP contribution in [0.3, 0.4) is 0 Å². The molecule has 1 aliphatic rings. The fraction of sp³-hybridized carbons (Fsp3) is 0.310. The highest BCUT2D eigenvalue weighted by Gasteiger charge is 2.31. The molecule has 1 fully saturated rings. The highest BCUT2D eigenvalue weighted by molar-refractivity contribution is 6.32. The number of amides is 2. The van der Waals surface area contributed by atoms with Gasteiger partial charge in [0.2, 0.25) is 5.91 Å². The summed E-state index contributed by atoms with van der Waals surface area (Å²) >= 11 is 12.3. The van der Waals surface area contributed by atoms with Crippen LogP contribution in [-0.2, 0) is 27.3 Å². The average molecular weight is 541 g/mol. The van der Waals surface area contributed by atoms with Crippen molar-refractivity contribution in [3.63, 3.8) is 0 Å². The van der Waals surface area contributed by atoms with Crippen LogP contribution in [0.1, 0.15) is 24.0 Å². The summed E-state index contributed by atoms with van der Waals surface area (Å²) in [5, 5.41) is 4.03. The van der Waals surface area contributed by atoms with E-state index < -0.39 is 6.04 Å². The first kappa shape index (κ1) is 27.0. The smallest absolute Gasteiger partial charge is 0.261 e. The van der Waals surface area contributed by atoms with E-state index in [9.17, 15) is 9.59 Å². The molecule has 0 aliphatic carbocycles. The number of rotatable bonds is 11. The summed E-state index contributed by atoms with van der Waals surface area (Å²) in [6.07, 6.45) is 2.23. The third kappa shape index (κ3) is 7.96. The Morgan fingerprint density at radius 2 is 1.70 bits per heavy atom. The fourth-order valence-electron chi connectivity index (χ4n) is 4.26. The Hall–Kier alpha value is -3.06. The van der Waals surface area contributed by atoms with E-state index in [1.807, 2.05) is 42.5 Å². The SMILES string of the molecule is O=C(NCC1CCCO1)C(Cc1ccccc1)N(Cc1ccc(Cl)cc1)C(=O)COc1ccccc1Cl. The van der Waals surface area contributed by atoms with Crippen LogP contribution >= 0.6 is 23.2 Å². The number of carbonyl (C=O) groups is 2. The van der Waals surface area contributed by atoms with Crippen molar-refractivity contribution in [1.29, 1.82) is 0 Å². The molecule has 6 nitrogen and oxygen atoms in total. The maximum absolute atomic E-state index is 13.6. The van der Waals surface area contributed by atoms with Crippen LogP contribution in [0.25, 0.3) is 0 Å². The van der Waals surface area contributed by atoms with Gasteiger partial charge < -0.3 is 19.7 Å². The molecule has 1 saturated heterocycles. The molecule has 2 atom stereocenters. The quantitative estimate of drug-likeness (QED) is 0.358. The number of hydrogen-bond acceptors (Lipinski definition) is 4. The van der Waals surface area contributed by atoms with Crippen molar-refractivity contribution in [2.75, 3.05) is 19.8 Å². The van der Waals surface area contributed by atoms with E-state index >= 15 is 0 Å². The number of hydrogen-bond donors (Lipinski definition) is 1. The predicted molar refractivity (Wildman–Crippen MR) is 145 cm³/mol. The van der Waals surface area contributed by atoms with E-state index in [0.29, 0.717) is 35.4 Å². The Morgan fingerprint density at radius 1 is 0.973 bits per heavy atom. The summed E-state index contributed by atoms with van der Waals surface area (Å²) < 4.78 is 11.4. The second kappa shape index (κ2) is 13.5. The molecule has 0 saturated carbocycles. The van der Waals surface area contributed by atoms with Crippen LogP contribution in [0.15, 0.2) is 78.9 Å². The van der Waals surface area contributed by atoms with Gasteiger partial charge in [-0.3, -0.25) is 9.59 Å². The van der Waals surface area contributed by atoms with Gasteiger partial charge in [-0.15, -0.1) is 0 Å². The number of carbonyl (C=O) groups excluding carboxylic acids is 2. The van der Waals surface area contributed by atoms with E-state index in [2.05, 4.69) is 5.32 Å². The number of halogens is 2. The summed E-state index contributed by atoms with van der Waals surface area (Å²) in [5.41, 5.74) is 1.79. The van der Waals surface area contributed by atoms with Gasteiger partial charge in [-0.25, -0.2) is 0 Å². The molecular weight excluding hydrogens is 511 g/mol. The van der Waals surface area contributed by atoms with E-state index in [4.69, 9.17) is 32.7 Å². The fourth-order valence-corrected chi connectivity index (χ4v) is 4.58. The van der Waals surface area contributed by atoms with Crippen LogP contribution in [0, 0.1) is 0 Å². The first-order valence-electron chi connectivity index (χ1n) is 12.3. The van der Waals surface area contributed by atoms with Crippen molar-refractivity contribution >= 4 is 35.0 Å². The predicted octanol–water partition coefficient (Wildman–Crippen LogP) is 5.31. The topological polar surface area (TPSA) is 67.9 Å². The summed E-state index contributed by atoms with van der Waals surface area (Å²) in [5.74, 6) is -0.158. The minimum Gasteiger partial charge on any atom is -0.482 e. The van der Waals surface area contributed by atoms with Crippen LogP contribution in [-0.4, -0.2) is 48.6 Å². The molecule has 2 unspecified atom stereocenters. The van der Waals surface area contributed by atoms with E-state index in [-0.39, 0.29) is 31.1 Å². The number of para-hydroxylation sites is 1. The lowest BCUT2D eigenvalue weighted by Gasteiger charge is -2.32. The lowest BCUT2D eigenvalue weighted by Crippen LogP contribution is -2.52. The largest absolute Gasteiger partial charge is 0.482 e. The summed E-state index contributed by atoms with van der Waals surface area (Å²) in [4.78, 5) is 28.8. The van der Waals surface area contributed by atoms with Crippen LogP contribution < -0.4 is 10.1 Å². The normalized spacial score (nSPS) is 15.7. The zero-order chi connectivity index (χ0) is 26.0. The Balaban J connectivity index is 1.58. The van der Waals surface area contributed by atoms with Crippen molar-refractivity contribution in [3.8, 4) is 5.75 Å². The third-order valence-electron chi connectivity index (χ3n) is 6.25. The van der Waals surface area contributed by atoms with Crippen molar-refractivity contribution in [2.45, 2.75) is 38.0 Å². The molecule has 0 aromatic heterocycles. The van der Waals surface area contributed by atoms with Crippen LogP contribution in [0.5, 0.6) is 5.75 Å². The molecule has 1 heterocycles. The summed E-state index contributed by atoms with van der Waals surface area (Å²) in [7, 11) is 0. The van der Waals surface area contributed by atoms with Crippen LogP contribution in [0.2, 0.25) is 10.0 Å². The first-order chi connectivity index (χ1) is 18.0. The zero-order valence-corrected chi connectivity index (χ0v) is 22.0. The minimum atomic E-state index is -0.762. The molecule has 0 spiro atoms. The molecule has 8 heteroatoms. The van der Waals surface area contributed by atoms with Gasteiger partial charge in [0, 0.05) is 31.1 Å². The zero-order valence-electron chi connectivity index (χ0n) is 20.4. The molecule has 37 heavy (non-hydrogen) atoms. The van der Waals surface area contributed by atoms with Gasteiger partial charge in [-0.1, -0.05) is 77.8 Å². The molecular formula is C29H30Cl2N2O4. The maximum atomic E-state index is 13.6. The number of nitrogens with zero attached hydrogens (tertiary/aromatic N) is 1. The Labute approximate surface area is 227 Å². The molecule has 1 aliphatic heterocycles. The molecule has 0 radical (unpaired) electrons. The van der Waals surface area contributed by atoms with Crippen molar-refractivity contribution in [3.05, 3.63) is 100 Å². The van der Waals surface area contributed by atoms with Gasteiger partial charge in [0.05, 0.1) is 11.1 Å². The summed E-state index contributed by atoms with van der Waals surface area (Å²) in [6, 6.07) is 23.1. The maximum Gasteiger partial charge on any atom is 0.261 e. The van der Waals surface area contributed by atoms with Crippen LogP contribution in [0.4, 0.5) is 0 Å². The van der Waals surface area contributed by atoms with Gasteiger partial charge >= 0.3 is 0 Å². The van der Waals surface area contributed by atoms with Crippen molar-refractivity contribution in [1.82, 2.24) is 10.2 Å². The average Bonchev–Trinajstić information content (AvgIpc) is 3.44. The Bertz CT molecular complexity index is 1170. The third-order valence-corrected chi connectivity index (χ3v) is 6.82. The van der Waals surface area contributed by atoms with Gasteiger partial charge in [0.25, 0.3) is 5.91 Å². The molecule has 1 N–H and O–H groups in total. The molecule has 3 aromatic carbocycles.